The summed E-state index contributed by atoms with van der Waals surface area (Å²) in [6.45, 7) is 15.9. The summed E-state index contributed by atoms with van der Waals surface area (Å²) in [6.07, 6.45) is 12.4. The fourth-order valence-corrected chi connectivity index (χ4v) is 9.26. The highest BCUT2D eigenvalue weighted by Gasteiger charge is 2.58. The van der Waals surface area contributed by atoms with Crippen molar-refractivity contribution in [3.05, 3.63) is 0 Å². The normalized spacial score (nSPS) is 44.0. The molecule has 4 heteroatoms. The van der Waals surface area contributed by atoms with Crippen LogP contribution in [0.1, 0.15) is 92.4 Å². The summed E-state index contributed by atoms with van der Waals surface area (Å²) in [5.74, 6) is 4.25. The van der Waals surface area contributed by atoms with E-state index >= 15 is 0 Å². The van der Waals surface area contributed by atoms with Gasteiger partial charge in [0.2, 0.25) is 0 Å². The second-order valence-corrected chi connectivity index (χ2v) is 17.7. The molecule has 30 heavy (non-hydrogen) atoms. The van der Waals surface area contributed by atoms with Crippen molar-refractivity contribution in [2.24, 2.45) is 35.0 Å². The van der Waals surface area contributed by atoms with Gasteiger partial charge in [0, 0.05) is 18.4 Å². The van der Waals surface area contributed by atoms with Crippen molar-refractivity contribution in [2.75, 3.05) is 0 Å². The van der Waals surface area contributed by atoms with Crippen molar-refractivity contribution in [3.8, 4) is 0 Å². The van der Waals surface area contributed by atoms with E-state index in [-0.39, 0.29) is 17.5 Å². The molecular formula is C26H46O3Si. The minimum atomic E-state index is -1.67. The van der Waals surface area contributed by atoms with Crippen molar-refractivity contribution >= 4 is 14.3 Å². The Morgan fingerprint density at radius 2 is 1.63 bits per heavy atom. The largest absolute Gasteiger partial charge is 0.462 e. The van der Waals surface area contributed by atoms with Crippen molar-refractivity contribution in [2.45, 2.75) is 123 Å². The van der Waals surface area contributed by atoms with E-state index in [1.807, 2.05) is 0 Å². The maximum Gasteiger partial charge on any atom is 0.302 e. The van der Waals surface area contributed by atoms with E-state index in [2.05, 4.69) is 40.8 Å². The third-order valence-corrected chi connectivity index (χ3v) is 14.9. The molecule has 3 nitrogen and oxygen atoms in total. The summed E-state index contributed by atoms with van der Waals surface area (Å²) in [5, 5.41) is 0.302. The molecule has 0 amide bonds. The highest BCUT2D eigenvalue weighted by Crippen LogP contribution is 2.63. The Kier molecular flexibility index (Phi) is 6.01. The first kappa shape index (κ1) is 22.8. The lowest BCUT2D eigenvalue weighted by Gasteiger charge is -2.56. The molecule has 0 N–H and O–H groups in total. The molecule has 4 aliphatic carbocycles. The van der Waals surface area contributed by atoms with E-state index < -0.39 is 8.32 Å². The Hall–Kier alpha value is -0.353. The van der Waals surface area contributed by atoms with Gasteiger partial charge in [0.15, 0.2) is 8.32 Å². The first-order valence-corrected chi connectivity index (χ1v) is 15.7. The number of hydrogen-bond donors (Lipinski definition) is 0. The molecule has 0 heterocycles. The van der Waals surface area contributed by atoms with Gasteiger partial charge in [-0.3, -0.25) is 4.79 Å². The summed E-state index contributed by atoms with van der Waals surface area (Å²) in [7, 11) is -1.67. The zero-order valence-corrected chi connectivity index (χ0v) is 21.6. The molecule has 8 atom stereocenters. The Labute approximate surface area is 186 Å². The van der Waals surface area contributed by atoms with Crippen LogP contribution in [0.25, 0.3) is 0 Å². The minimum Gasteiger partial charge on any atom is -0.462 e. The molecular weight excluding hydrogens is 388 g/mol. The fourth-order valence-electron chi connectivity index (χ4n) is 7.86. The molecule has 0 aromatic rings. The van der Waals surface area contributed by atoms with Crippen LogP contribution in [0.2, 0.25) is 18.1 Å². The number of ether oxygens (including phenoxy) is 1. The van der Waals surface area contributed by atoms with Crippen LogP contribution in [0.5, 0.6) is 0 Å². The molecule has 0 radical (unpaired) electrons. The Bertz CT molecular complexity index is 653. The van der Waals surface area contributed by atoms with Gasteiger partial charge in [-0.2, -0.15) is 0 Å². The lowest BCUT2D eigenvalue weighted by molar-refractivity contribution is -0.157. The van der Waals surface area contributed by atoms with Gasteiger partial charge in [0.05, 0.1) is 0 Å². The SMILES string of the molecule is CC(=O)O[C@H]1CC[C@H]2[C@@H]3CC[C@H]4CC(O[Si](C)(C)C(C)(C)C)CC[C@@H]4[C@H]3CC[C@]12C. The van der Waals surface area contributed by atoms with Crippen LogP contribution in [0.15, 0.2) is 0 Å². The maximum absolute atomic E-state index is 11.6. The van der Waals surface area contributed by atoms with E-state index in [4.69, 9.17) is 9.16 Å². The number of carbonyl (C=O) groups is 1. The first-order chi connectivity index (χ1) is 13.9. The zero-order valence-electron chi connectivity index (χ0n) is 20.6. The van der Waals surface area contributed by atoms with Crippen LogP contribution < -0.4 is 0 Å². The van der Waals surface area contributed by atoms with Gasteiger partial charge < -0.3 is 9.16 Å². The lowest BCUT2D eigenvalue weighted by atomic mass is 9.50. The van der Waals surface area contributed by atoms with Crippen molar-refractivity contribution in [3.63, 3.8) is 0 Å². The smallest absolute Gasteiger partial charge is 0.302 e. The average Bonchev–Trinajstić information content (AvgIpc) is 2.96. The lowest BCUT2D eigenvalue weighted by Crippen LogP contribution is -2.51. The Balaban J connectivity index is 1.41. The van der Waals surface area contributed by atoms with Crippen molar-refractivity contribution in [1.29, 1.82) is 0 Å². The van der Waals surface area contributed by atoms with Gasteiger partial charge in [0.25, 0.3) is 0 Å². The standard InChI is InChI=1S/C26H46O3Si/c1-17(27)28-24-13-12-23-22-10-8-18-16-19(29-30(6,7)25(2,3)4)9-11-20(18)21(22)14-15-26(23,24)5/h18-24H,8-16H2,1-7H3/t18-,19?,20-,21+,22+,23-,24-,26-/m0/s1. The number of carbonyl (C=O) groups excluding carboxylic acids is 1. The average molecular weight is 435 g/mol. The van der Waals surface area contributed by atoms with Crippen molar-refractivity contribution < 1.29 is 14.0 Å². The number of fused-ring (bicyclic) bond motifs is 5. The van der Waals surface area contributed by atoms with Gasteiger partial charge in [-0.1, -0.05) is 27.7 Å². The topological polar surface area (TPSA) is 35.5 Å². The van der Waals surface area contributed by atoms with Crippen LogP contribution in [0.3, 0.4) is 0 Å². The molecule has 4 saturated carbocycles. The summed E-state index contributed by atoms with van der Waals surface area (Å²) >= 11 is 0. The molecule has 0 aromatic carbocycles. The van der Waals surface area contributed by atoms with Crippen LogP contribution in [0, 0.1) is 35.0 Å². The monoisotopic (exact) mass is 434 g/mol. The molecule has 172 valence electrons. The summed E-state index contributed by atoms with van der Waals surface area (Å²) in [5.41, 5.74) is 0.225. The molecule has 0 saturated heterocycles. The zero-order chi connectivity index (χ0) is 21.9. The maximum atomic E-state index is 11.6. The fraction of sp³-hybridized carbons (Fsp3) is 0.962. The van der Waals surface area contributed by atoms with E-state index in [0.29, 0.717) is 11.1 Å². The quantitative estimate of drug-likeness (QED) is 0.356. The molecule has 4 fully saturated rings. The van der Waals surface area contributed by atoms with Gasteiger partial charge in [-0.25, -0.2) is 0 Å². The Morgan fingerprint density at radius 3 is 2.30 bits per heavy atom. The van der Waals surface area contributed by atoms with Gasteiger partial charge in [-0.05, 0) is 106 Å². The van der Waals surface area contributed by atoms with Gasteiger partial charge >= 0.3 is 5.97 Å². The first-order valence-electron chi connectivity index (χ1n) is 12.8. The van der Waals surface area contributed by atoms with E-state index in [9.17, 15) is 4.79 Å². The number of hydrogen-bond acceptors (Lipinski definition) is 3. The van der Waals surface area contributed by atoms with E-state index in [1.165, 1.54) is 51.4 Å². The molecule has 0 spiro atoms. The van der Waals surface area contributed by atoms with Crippen LogP contribution in [0.4, 0.5) is 0 Å². The van der Waals surface area contributed by atoms with Crippen LogP contribution in [-0.2, 0) is 14.0 Å². The van der Waals surface area contributed by atoms with E-state index in [0.717, 1.165) is 36.0 Å². The number of esters is 1. The molecule has 4 aliphatic rings. The third-order valence-electron chi connectivity index (χ3n) is 10.4. The molecule has 4 rings (SSSR count). The highest BCUT2D eigenvalue weighted by atomic mass is 28.4. The predicted octanol–water partition coefficient (Wildman–Crippen LogP) is 6.96. The second-order valence-electron chi connectivity index (χ2n) is 13.0. The number of rotatable bonds is 3. The molecule has 0 aromatic heterocycles. The molecule has 0 bridgehead atoms. The highest BCUT2D eigenvalue weighted by molar-refractivity contribution is 6.74. The molecule has 1 unspecified atom stereocenters. The predicted molar refractivity (Wildman–Crippen MR) is 125 cm³/mol. The minimum absolute atomic E-state index is 0.0900. The summed E-state index contributed by atoms with van der Waals surface area (Å²) < 4.78 is 12.7. The van der Waals surface area contributed by atoms with Crippen LogP contribution >= 0.6 is 0 Å². The summed E-state index contributed by atoms with van der Waals surface area (Å²) in [6, 6.07) is 0. The summed E-state index contributed by atoms with van der Waals surface area (Å²) in [4.78, 5) is 11.6. The second kappa shape index (κ2) is 7.90. The van der Waals surface area contributed by atoms with Crippen LogP contribution in [-0.4, -0.2) is 26.5 Å². The van der Waals surface area contributed by atoms with Gasteiger partial charge in [-0.15, -0.1) is 0 Å². The van der Waals surface area contributed by atoms with E-state index in [1.54, 1.807) is 6.92 Å². The van der Waals surface area contributed by atoms with Gasteiger partial charge in [0.1, 0.15) is 6.10 Å². The Morgan fingerprint density at radius 1 is 0.933 bits per heavy atom. The molecule has 0 aliphatic heterocycles. The third kappa shape index (κ3) is 3.93. The van der Waals surface area contributed by atoms with Crippen molar-refractivity contribution in [1.82, 2.24) is 0 Å².